The number of hydrogen-bond acceptors (Lipinski definition) is 5. The number of rotatable bonds is 1. The maximum absolute atomic E-state index is 5.94. The van der Waals surface area contributed by atoms with Crippen molar-refractivity contribution in [2.75, 3.05) is 5.73 Å². The highest BCUT2D eigenvalue weighted by Crippen LogP contribution is 2.28. The molecule has 0 radical (unpaired) electrons. The van der Waals surface area contributed by atoms with Crippen LogP contribution in [0.3, 0.4) is 0 Å². The Morgan fingerprint density at radius 2 is 2.18 bits per heavy atom. The standard InChI is InChI=1S/C11H11N5S/c1-6-5-7-9(12)13-10(14-11(7)17-6)8-3-4-16(2)15-8/h3-5H,1-2H3,(H2,12,13,14). The van der Waals surface area contributed by atoms with Crippen LogP contribution in [0.2, 0.25) is 0 Å². The zero-order chi connectivity index (χ0) is 12.0. The van der Waals surface area contributed by atoms with Crippen molar-refractivity contribution in [1.82, 2.24) is 19.7 Å². The van der Waals surface area contributed by atoms with Gasteiger partial charge >= 0.3 is 0 Å². The number of thiophene rings is 1. The summed E-state index contributed by atoms with van der Waals surface area (Å²) >= 11 is 1.62. The Balaban J connectivity index is 2.24. The minimum absolute atomic E-state index is 0.514. The van der Waals surface area contributed by atoms with Crippen molar-refractivity contribution in [2.24, 2.45) is 7.05 Å². The van der Waals surface area contributed by atoms with Crippen molar-refractivity contribution in [3.63, 3.8) is 0 Å². The van der Waals surface area contributed by atoms with E-state index in [1.807, 2.05) is 32.3 Å². The minimum Gasteiger partial charge on any atom is -0.383 e. The minimum atomic E-state index is 0.514. The Morgan fingerprint density at radius 1 is 1.35 bits per heavy atom. The van der Waals surface area contributed by atoms with Crippen LogP contribution in [0.4, 0.5) is 5.82 Å². The van der Waals surface area contributed by atoms with Crippen molar-refractivity contribution in [1.29, 1.82) is 0 Å². The average molecular weight is 245 g/mol. The second-order valence-corrected chi connectivity index (χ2v) is 5.12. The Hall–Kier alpha value is -1.95. The molecule has 0 atom stereocenters. The van der Waals surface area contributed by atoms with Gasteiger partial charge in [-0.2, -0.15) is 5.10 Å². The van der Waals surface area contributed by atoms with E-state index in [0.29, 0.717) is 11.6 Å². The van der Waals surface area contributed by atoms with Gasteiger partial charge in [0.05, 0.1) is 5.39 Å². The molecule has 3 aromatic heterocycles. The number of aryl methyl sites for hydroxylation is 2. The van der Waals surface area contributed by atoms with Crippen molar-refractivity contribution in [3.05, 3.63) is 23.2 Å². The van der Waals surface area contributed by atoms with Gasteiger partial charge in [-0.3, -0.25) is 4.68 Å². The summed E-state index contributed by atoms with van der Waals surface area (Å²) in [7, 11) is 1.86. The number of hydrogen-bond donors (Lipinski definition) is 1. The van der Waals surface area contributed by atoms with Gasteiger partial charge in [0.15, 0.2) is 5.82 Å². The van der Waals surface area contributed by atoms with E-state index in [-0.39, 0.29) is 0 Å². The monoisotopic (exact) mass is 245 g/mol. The van der Waals surface area contributed by atoms with Crippen LogP contribution in [0.15, 0.2) is 18.3 Å². The lowest BCUT2D eigenvalue weighted by Gasteiger charge is -1.99. The highest BCUT2D eigenvalue weighted by molar-refractivity contribution is 7.18. The van der Waals surface area contributed by atoms with Crippen LogP contribution in [-0.2, 0) is 7.05 Å². The van der Waals surface area contributed by atoms with Gasteiger partial charge in [0, 0.05) is 18.1 Å². The summed E-state index contributed by atoms with van der Waals surface area (Å²) in [5.74, 6) is 1.09. The first-order valence-electron chi connectivity index (χ1n) is 5.17. The summed E-state index contributed by atoms with van der Waals surface area (Å²) in [6.45, 7) is 2.03. The van der Waals surface area contributed by atoms with Gasteiger partial charge in [-0.15, -0.1) is 11.3 Å². The first kappa shape index (κ1) is 10.2. The van der Waals surface area contributed by atoms with Gasteiger partial charge < -0.3 is 5.73 Å². The Bertz CT molecular complexity index is 697. The quantitative estimate of drug-likeness (QED) is 0.711. The first-order valence-corrected chi connectivity index (χ1v) is 5.99. The van der Waals surface area contributed by atoms with E-state index in [9.17, 15) is 0 Å². The van der Waals surface area contributed by atoms with E-state index in [0.717, 1.165) is 15.9 Å². The number of anilines is 1. The Kier molecular flexibility index (Phi) is 2.12. The lowest BCUT2D eigenvalue weighted by atomic mass is 10.3. The van der Waals surface area contributed by atoms with Crippen molar-refractivity contribution < 1.29 is 0 Å². The molecule has 0 spiro atoms. The molecular formula is C11H11N5S. The molecule has 0 unspecified atom stereocenters. The molecule has 0 fully saturated rings. The van der Waals surface area contributed by atoms with Gasteiger partial charge in [-0.25, -0.2) is 9.97 Å². The summed E-state index contributed by atoms with van der Waals surface area (Å²) < 4.78 is 1.72. The Labute approximate surface area is 102 Å². The summed E-state index contributed by atoms with van der Waals surface area (Å²) in [6.07, 6.45) is 1.86. The van der Waals surface area contributed by atoms with Crippen LogP contribution >= 0.6 is 11.3 Å². The van der Waals surface area contributed by atoms with Crippen molar-refractivity contribution in [3.8, 4) is 11.5 Å². The van der Waals surface area contributed by atoms with E-state index in [1.54, 1.807) is 16.0 Å². The first-order chi connectivity index (χ1) is 8.13. The molecule has 0 aliphatic carbocycles. The van der Waals surface area contributed by atoms with Gasteiger partial charge in [0.25, 0.3) is 0 Å². The molecular weight excluding hydrogens is 234 g/mol. The van der Waals surface area contributed by atoms with E-state index >= 15 is 0 Å². The number of nitrogens with zero attached hydrogens (tertiary/aromatic N) is 4. The summed E-state index contributed by atoms with van der Waals surface area (Å²) in [5.41, 5.74) is 6.68. The van der Waals surface area contributed by atoms with E-state index < -0.39 is 0 Å². The zero-order valence-corrected chi connectivity index (χ0v) is 10.3. The van der Waals surface area contributed by atoms with Gasteiger partial charge in [0.1, 0.15) is 16.3 Å². The molecule has 3 heterocycles. The lowest BCUT2D eigenvalue weighted by molar-refractivity contribution is 0.769. The SMILES string of the molecule is Cc1cc2c(N)nc(-c3ccn(C)n3)nc2s1. The second-order valence-electron chi connectivity index (χ2n) is 3.88. The molecule has 0 aliphatic rings. The summed E-state index contributed by atoms with van der Waals surface area (Å²) in [4.78, 5) is 10.9. The maximum Gasteiger partial charge on any atom is 0.183 e. The molecule has 0 aliphatic heterocycles. The fourth-order valence-electron chi connectivity index (χ4n) is 1.71. The molecule has 0 saturated carbocycles. The van der Waals surface area contributed by atoms with Gasteiger partial charge in [0.2, 0.25) is 0 Å². The lowest BCUT2D eigenvalue weighted by Crippen LogP contribution is -1.97. The number of nitrogen functional groups attached to an aromatic ring is 1. The van der Waals surface area contributed by atoms with E-state index in [4.69, 9.17) is 5.73 Å². The summed E-state index contributed by atoms with van der Waals surface area (Å²) in [6, 6.07) is 3.89. The molecule has 2 N–H and O–H groups in total. The van der Waals surface area contributed by atoms with Crippen LogP contribution in [0.25, 0.3) is 21.7 Å². The van der Waals surface area contributed by atoms with Crippen molar-refractivity contribution >= 4 is 27.4 Å². The number of aromatic nitrogens is 4. The zero-order valence-electron chi connectivity index (χ0n) is 9.51. The largest absolute Gasteiger partial charge is 0.383 e. The fraction of sp³-hybridized carbons (Fsp3) is 0.182. The van der Waals surface area contributed by atoms with Crippen LogP contribution in [-0.4, -0.2) is 19.7 Å². The molecule has 3 aromatic rings. The van der Waals surface area contributed by atoms with E-state index in [1.165, 1.54) is 4.88 Å². The second kappa shape index (κ2) is 3.53. The van der Waals surface area contributed by atoms with E-state index in [2.05, 4.69) is 15.1 Å². The van der Waals surface area contributed by atoms with Crippen LogP contribution in [0.5, 0.6) is 0 Å². The number of nitrogens with two attached hydrogens (primary N) is 1. The third kappa shape index (κ3) is 1.66. The predicted molar refractivity (Wildman–Crippen MR) is 68.8 cm³/mol. The molecule has 5 nitrogen and oxygen atoms in total. The number of fused-ring (bicyclic) bond motifs is 1. The maximum atomic E-state index is 5.94. The highest BCUT2D eigenvalue weighted by Gasteiger charge is 2.11. The third-order valence-electron chi connectivity index (χ3n) is 2.49. The van der Waals surface area contributed by atoms with Crippen LogP contribution in [0, 0.1) is 6.92 Å². The van der Waals surface area contributed by atoms with Gasteiger partial charge in [-0.05, 0) is 19.1 Å². The molecule has 86 valence electrons. The fourth-order valence-corrected chi connectivity index (χ4v) is 2.60. The predicted octanol–water partition coefficient (Wildman–Crippen LogP) is 1.98. The average Bonchev–Trinajstić information content (AvgIpc) is 2.83. The summed E-state index contributed by atoms with van der Waals surface area (Å²) in [5, 5.41) is 5.20. The van der Waals surface area contributed by atoms with Crippen LogP contribution < -0.4 is 5.73 Å². The smallest absolute Gasteiger partial charge is 0.183 e. The van der Waals surface area contributed by atoms with Crippen LogP contribution in [0.1, 0.15) is 4.88 Å². The molecule has 0 bridgehead atoms. The molecule has 6 heteroatoms. The normalized spacial score (nSPS) is 11.2. The van der Waals surface area contributed by atoms with Crippen molar-refractivity contribution in [2.45, 2.75) is 6.92 Å². The molecule has 0 saturated heterocycles. The van der Waals surface area contributed by atoms with Gasteiger partial charge in [-0.1, -0.05) is 0 Å². The molecule has 0 amide bonds. The highest BCUT2D eigenvalue weighted by atomic mass is 32.1. The third-order valence-corrected chi connectivity index (χ3v) is 3.43. The molecule has 0 aromatic carbocycles. The topological polar surface area (TPSA) is 69.6 Å². The molecule has 3 rings (SSSR count). The molecule has 17 heavy (non-hydrogen) atoms. The Morgan fingerprint density at radius 3 is 2.88 bits per heavy atom.